The molecule has 1 atom stereocenters. The van der Waals surface area contributed by atoms with Crippen LogP contribution in [0.3, 0.4) is 0 Å². The minimum absolute atomic E-state index is 0.0324. The molecule has 144 valence electrons. The summed E-state index contributed by atoms with van der Waals surface area (Å²) in [6.07, 6.45) is 8.43. The second-order valence-electron chi connectivity index (χ2n) is 8.21. The summed E-state index contributed by atoms with van der Waals surface area (Å²) in [4.78, 5) is 31.4. The van der Waals surface area contributed by atoms with Crippen LogP contribution in [0, 0.1) is 5.92 Å². The molecule has 6 heteroatoms. The van der Waals surface area contributed by atoms with E-state index in [1.807, 2.05) is 18.0 Å². The first-order chi connectivity index (χ1) is 12.4. The van der Waals surface area contributed by atoms with E-state index in [0.29, 0.717) is 24.8 Å². The summed E-state index contributed by atoms with van der Waals surface area (Å²) in [6.45, 7) is 7.79. The highest BCUT2D eigenvalue weighted by Crippen LogP contribution is 2.26. The Labute approximate surface area is 156 Å². The van der Waals surface area contributed by atoms with Crippen LogP contribution in [0.4, 0.5) is 0 Å². The fraction of sp³-hybridized carbons (Fsp3) is 0.750. The Morgan fingerprint density at radius 1 is 1.27 bits per heavy atom. The van der Waals surface area contributed by atoms with E-state index in [0.717, 1.165) is 43.9 Å². The zero-order valence-corrected chi connectivity index (χ0v) is 16.3. The van der Waals surface area contributed by atoms with E-state index in [4.69, 9.17) is 0 Å². The van der Waals surface area contributed by atoms with Gasteiger partial charge in [0.05, 0.1) is 18.2 Å². The zero-order valence-electron chi connectivity index (χ0n) is 16.3. The van der Waals surface area contributed by atoms with E-state index in [9.17, 15) is 9.59 Å². The summed E-state index contributed by atoms with van der Waals surface area (Å²) in [6, 6.07) is 0.308. The first kappa shape index (κ1) is 18.9. The third-order valence-corrected chi connectivity index (χ3v) is 5.60. The molecule has 1 aromatic heterocycles. The number of carbonyl (C=O) groups is 2. The molecule has 6 nitrogen and oxygen atoms in total. The van der Waals surface area contributed by atoms with Gasteiger partial charge in [0, 0.05) is 31.7 Å². The second-order valence-corrected chi connectivity index (χ2v) is 8.21. The van der Waals surface area contributed by atoms with Crippen LogP contribution in [0.5, 0.6) is 0 Å². The molecule has 0 radical (unpaired) electrons. The Hall–Kier alpha value is -1.85. The van der Waals surface area contributed by atoms with Gasteiger partial charge in [-0.3, -0.25) is 9.59 Å². The number of aromatic nitrogens is 2. The monoisotopic (exact) mass is 360 g/mol. The molecule has 0 bridgehead atoms. The third-order valence-electron chi connectivity index (χ3n) is 5.60. The molecule has 26 heavy (non-hydrogen) atoms. The van der Waals surface area contributed by atoms with E-state index >= 15 is 0 Å². The Morgan fingerprint density at radius 3 is 2.69 bits per heavy atom. The van der Waals surface area contributed by atoms with Gasteiger partial charge in [-0.1, -0.05) is 26.7 Å². The molecule has 1 unspecified atom stereocenters. The lowest BCUT2D eigenvalue weighted by Gasteiger charge is -2.34. The minimum atomic E-state index is -0.0324. The number of nitrogens with one attached hydrogen (secondary N) is 1. The number of carbonyl (C=O) groups excluding carboxylic acids is 2. The molecule has 1 saturated carbocycles. The lowest BCUT2D eigenvalue weighted by atomic mass is 10.1. The number of nitrogens with zero attached hydrogens (tertiary/aromatic N) is 3. The van der Waals surface area contributed by atoms with Crippen LogP contribution in [-0.2, 0) is 22.6 Å². The van der Waals surface area contributed by atoms with Crippen LogP contribution >= 0.6 is 0 Å². The normalized spacial score (nSPS) is 20.5. The number of imidazole rings is 1. The number of hydrogen-bond donors (Lipinski definition) is 1. The largest absolute Gasteiger partial charge is 0.353 e. The average Bonchev–Trinajstić information content (AvgIpc) is 3.22. The molecule has 2 aliphatic rings. The van der Waals surface area contributed by atoms with E-state index in [-0.39, 0.29) is 17.9 Å². The van der Waals surface area contributed by atoms with Crippen LogP contribution in [0.1, 0.15) is 76.9 Å². The van der Waals surface area contributed by atoms with Gasteiger partial charge in [-0.2, -0.15) is 0 Å². The van der Waals surface area contributed by atoms with Gasteiger partial charge in [0.25, 0.3) is 0 Å². The number of hydrogen-bond acceptors (Lipinski definition) is 3. The van der Waals surface area contributed by atoms with Crippen molar-refractivity contribution in [1.29, 1.82) is 0 Å². The van der Waals surface area contributed by atoms with Gasteiger partial charge in [0.1, 0.15) is 5.82 Å². The van der Waals surface area contributed by atoms with Crippen molar-refractivity contribution in [2.24, 2.45) is 5.92 Å². The SMILES string of the molecule is CC(C)CCC(=O)N1CCn2cc(CC(=O)NC3CCCC3)nc2C1C. The van der Waals surface area contributed by atoms with E-state index in [2.05, 4.69) is 28.7 Å². The van der Waals surface area contributed by atoms with Crippen molar-refractivity contribution < 1.29 is 9.59 Å². The van der Waals surface area contributed by atoms with E-state index in [1.54, 1.807) is 0 Å². The van der Waals surface area contributed by atoms with Gasteiger partial charge >= 0.3 is 0 Å². The molecular formula is C20H32N4O2. The lowest BCUT2D eigenvalue weighted by molar-refractivity contribution is -0.134. The first-order valence-corrected chi connectivity index (χ1v) is 10.1. The Kier molecular flexibility index (Phi) is 5.99. The summed E-state index contributed by atoms with van der Waals surface area (Å²) in [5.74, 6) is 1.70. The molecule has 1 N–H and O–H groups in total. The summed E-state index contributed by atoms with van der Waals surface area (Å²) >= 11 is 0. The lowest BCUT2D eigenvalue weighted by Crippen LogP contribution is -2.41. The van der Waals surface area contributed by atoms with Gasteiger partial charge in [-0.15, -0.1) is 0 Å². The maximum Gasteiger partial charge on any atom is 0.226 e. The highest BCUT2D eigenvalue weighted by atomic mass is 16.2. The Morgan fingerprint density at radius 2 is 2.00 bits per heavy atom. The molecule has 2 heterocycles. The summed E-state index contributed by atoms with van der Waals surface area (Å²) < 4.78 is 2.11. The summed E-state index contributed by atoms with van der Waals surface area (Å²) in [5.41, 5.74) is 0.804. The van der Waals surface area contributed by atoms with Crippen molar-refractivity contribution in [3.8, 4) is 0 Å². The summed E-state index contributed by atoms with van der Waals surface area (Å²) in [7, 11) is 0. The smallest absolute Gasteiger partial charge is 0.226 e. The fourth-order valence-corrected chi connectivity index (χ4v) is 4.04. The molecule has 3 rings (SSSR count). The topological polar surface area (TPSA) is 67.2 Å². The maximum atomic E-state index is 12.5. The van der Waals surface area contributed by atoms with Gasteiger partial charge in [0.2, 0.25) is 11.8 Å². The van der Waals surface area contributed by atoms with Crippen molar-refractivity contribution in [2.75, 3.05) is 6.54 Å². The first-order valence-electron chi connectivity index (χ1n) is 10.1. The average molecular weight is 361 g/mol. The predicted molar refractivity (Wildman–Crippen MR) is 101 cm³/mol. The van der Waals surface area contributed by atoms with Crippen molar-refractivity contribution in [1.82, 2.24) is 19.8 Å². The maximum absolute atomic E-state index is 12.5. The predicted octanol–water partition coefficient (Wildman–Crippen LogP) is 2.82. The zero-order chi connectivity index (χ0) is 18.7. The van der Waals surface area contributed by atoms with Crippen molar-refractivity contribution in [3.05, 3.63) is 17.7 Å². The van der Waals surface area contributed by atoms with Crippen LogP contribution in [0.15, 0.2) is 6.20 Å². The van der Waals surface area contributed by atoms with Gasteiger partial charge in [-0.25, -0.2) is 4.98 Å². The second kappa shape index (κ2) is 8.23. The molecule has 0 saturated heterocycles. The quantitative estimate of drug-likeness (QED) is 0.848. The van der Waals surface area contributed by atoms with Gasteiger partial charge in [-0.05, 0) is 32.1 Å². The van der Waals surface area contributed by atoms with Crippen molar-refractivity contribution >= 4 is 11.8 Å². The van der Waals surface area contributed by atoms with Crippen molar-refractivity contribution in [3.63, 3.8) is 0 Å². The molecule has 0 spiro atoms. The molecule has 1 fully saturated rings. The van der Waals surface area contributed by atoms with Crippen LogP contribution in [0.25, 0.3) is 0 Å². The molecule has 1 aliphatic carbocycles. The number of rotatable bonds is 6. The van der Waals surface area contributed by atoms with E-state index in [1.165, 1.54) is 12.8 Å². The minimum Gasteiger partial charge on any atom is -0.353 e. The van der Waals surface area contributed by atoms with Crippen LogP contribution < -0.4 is 5.32 Å². The standard InChI is InChI=1S/C20H32N4O2/c1-14(2)8-9-19(26)24-11-10-23-13-17(22-20(23)15(24)3)12-18(25)21-16-6-4-5-7-16/h13-16H,4-12H2,1-3H3,(H,21,25). The Balaban J connectivity index is 1.60. The third kappa shape index (κ3) is 4.46. The fourth-order valence-electron chi connectivity index (χ4n) is 4.04. The molecule has 1 aromatic rings. The molecule has 1 aliphatic heterocycles. The summed E-state index contributed by atoms with van der Waals surface area (Å²) in [5, 5.41) is 3.12. The highest BCUT2D eigenvalue weighted by Gasteiger charge is 2.29. The molecule has 0 aromatic carbocycles. The van der Waals surface area contributed by atoms with Crippen molar-refractivity contribution in [2.45, 2.75) is 84.3 Å². The number of fused-ring (bicyclic) bond motifs is 1. The molecule has 2 amide bonds. The van der Waals surface area contributed by atoms with Gasteiger partial charge < -0.3 is 14.8 Å². The van der Waals surface area contributed by atoms with Gasteiger partial charge in [0.15, 0.2) is 0 Å². The van der Waals surface area contributed by atoms with E-state index < -0.39 is 0 Å². The number of amides is 2. The molecular weight excluding hydrogens is 328 g/mol. The highest BCUT2D eigenvalue weighted by molar-refractivity contribution is 5.78. The van der Waals surface area contributed by atoms with Crippen LogP contribution in [-0.4, -0.2) is 38.9 Å². The van der Waals surface area contributed by atoms with Crippen LogP contribution in [0.2, 0.25) is 0 Å². The Bertz CT molecular complexity index is 646.